The summed E-state index contributed by atoms with van der Waals surface area (Å²) < 4.78 is 7.68. The van der Waals surface area contributed by atoms with Gasteiger partial charge in [0.1, 0.15) is 0 Å². The topological polar surface area (TPSA) is 104 Å². The number of carbonyl (C=O) groups excluding carboxylic acids is 4. The Morgan fingerprint density at radius 1 is 0.773 bits per heavy atom. The smallest absolute Gasteiger partial charge is 0.238 e. The van der Waals surface area contributed by atoms with Crippen LogP contribution in [0, 0.1) is 33.2 Å². The molecule has 6 unspecified atom stereocenters. The largest absolute Gasteiger partial charge is 0.504 e. The van der Waals surface area contributed by atoms with Crippen LogP contribution >= 0.6 is 54.5 Å². The quantitative estimate of drug-likeness (QED) is 0.181. The average molecular weight is 832 g/mol. The molecule has 11 heteroatoms. The van der Waals surface area contributed by atoms with Crippen molar-refractivity contribution in [1.82, 2.24) is 0 Å². The molecule has 6 atom stereocenters. The first kappa shape index (κ1) is 29.7. The van der Waals surface area contributed by atoms with Crippen molar-refractivity contribution >= 4 is 89.5 Å². The molecule has 44 heavy (non-hydrogen) atoms. The normalized spacial score (nSPS) is 27.7. The number of anilines is 2. The molecule has 4 amide bonds. The number of amides is 4. The predicted molar refractivity (Wildman–Crippen MR) is 178 cm³/mol. The molecule has 0 bridgehead atoms. The summed E-state index contributed by atoms with van der Waals surface area (Å²) in [6, 6.07) is 17.6. The molecule has 3 fully saturated rings. The number of methoxy groups -OCH3 is 1. The Labute approximate surface area is 283 Å². The standard InChI is InChI=1S/C33H25Br2IN2O6/c1-44-25-13-15(12-24(36)29(25)39)26-20-10-11-21-27(32(42)37(30(21)40)18-6-2-16(34)3-7-18)22(20)14-23-28(26)33(43)38(31(23)41)19-8-4-17(35)5-9-19/h2-10,12-13,21-23,26-28,39H,11,14H2,1H3. The number of aromatic hydroxyl groups is 1. The van der Waals surface area contributed by atoms with E-state index in [1.807, 2.05) is 34.7 Å². The van der Waals surface area contributed by atoms with Gasteiger partial charge in [0.05, 0.1) is 45.7 Å². The van der Waals surface area contributed by atoms with Crippen LogP contribution in [0.3, 0.4) is 0 Å². The van der Waals surface area contributed by atoms with Crippen LogP contribution < -0.4 is 14.5 Å². The van der Waals surface area contributed by atoms with Gasteiger partial charge in [-0.15, -0.1) is 0 Å². The zero-order chi connectivity index (χ0) is 31.0. The van der Waals surface area contributed by atoms with Gasteiger partial charge in [0.25, 0.3) is 0 Å². The molecule has 4 aliphatic rings. The summed E-state index contributed by atoms with van der Waals surface area (Å²) in [5.74, 6) is -4.49. The lowest BCUT2D eigenvalue weighted by molar-refractivity contribution is -0.126. The Morgan fingerprint density at radius 2 is 1.32 bits per heavy atom. The second kappa shape index (κ2) is 11.1. The van der Waals surface area contributed by atoms with Crippen molar-refractivity contribution in [2.75, 3.05) is 16.9 Å². The number of ether oxygens (including phenoxy) is 1. The number of nitrogens with zero attached hydrogens (tertiary/aromatic N) is 2. The van der Waals surface area contributed by atoms with E-state index in [0.717, 1.165) is 14.5 Å². The number of imide groups is 2. The summed E-state index contributed by atoms with van der Waals surface area (Å²) in [6.07, 6.45) is 2.65. The molecular formula is C33H25Br2IN2O6. The van der Waals surface area contributed by atoms with E-state index in [4.69, 9.17) is 4.74 Å². The SMILES string of the molecule is COc1cc(C2C3=CCC4C(=O)N(c5ccc(Br)cc5)C(=O)C4C3CC3C(=O)N(c4ccc(Br)cc4)C(=O)C32)cc(I)c1O. The third-order valence-electron chi connectivity index (χ3n) is 9.45. The number of fused-ring (bicyclic) bond motifs is 4. The van der Waals surface area contributed by atoms with Crippen LogP contribution in [0.5, 0.6) is 11.5 Å². The second-order valence-electron chi connectivity index (χ2n) is 11.6. The van der Waals surface area contributed by atoms with Gasteiger partial charge >= 0.3 is 0 Å². The number of carbonyl (C=O) groups is 4. The summed E-state index contributed by atoms with van der Waals surface area (Å²) in [7, 11) is 1.46. The average Bonchev–Trinajstić information content (AvgIpc) is 3.42. The highest BCUT2D eigenvalue weighted by Crippen LogP contribution is 2.59. The fourth-order valence-electron chi connectivity index (χ4n) is 7.58. The van der Waals surface area contributed by atoms with Gasteiger partial charge in [-0.3, -0.25) is 29.0 Å². The van der Waals surface area contributed by atoms with Gasteiger partial charge in [0.15, 0.2) is 11.5 Å². The van der Waals surface area contributed by atoms with E-state index in [2.05, 4.69) is 31.9 Å². The van der Waals surface area contributed by atoms with Gasteiger partial charge in [-0.05, 0) is 108 Å². The molecule has 3 aromatic carbocycles. The fourth-order valence-corrected chi connectivity index (χ4v) is 8.74. The Bertz CT molecular complexity index is 1780. The number of hydrogen-bond acceptors (Lipinski definition) is 6. The van der Waals surface area contributed by atoms with Crippen LogP contribution in [-0.2, 0) is 19.2 Å². The van der Waals surface area contributed by atoms with Crippen LogP contribution in [0.4, 0.5) is 11.4 Å². The van der Waals surface area contributed by atoms with Gasteiger partial charge in [0, 0.05) is 14.9 Å². The number of allylic oxidation sites excluding steroid dienone is 2. The fraction of sp³-hybridized carbons (Fsp3) is 0.273. The lowest BCUT2D eigenvalue weighted by Gasteiger charge is -2.44. The first-order valence-corrected chi connectivity index (χ1v) is 16.8. The number of phenolic OH excluding ortho intramolecular Hbond substituents is 1. The summed E-state index contributed by atoms with van der Waals surface area (Å²) in [5.41, 5.74) is 2.59. The zero-order valence-corrected chi connectivity index (χ0v) is 28.6. The molecule has 0 spiro atoms. The van der Waals surface area contributed by atoms with Crippen molar-refractivity contribution in [3.05, 3.63) is 90.4 Å². The molecule has 0 radical (unpaired) electrons. The van der Waals surface area contributed by atoms with Gasteiger partial charge in [-0.1, -0.05) is 43.5 Å². The van der Waals surface area contributed by atoms with E-state index in [-0.39, 0.29) is 41.5 Å². The first-order chi connectivity index (χ1) is 21.1. The Hall–Kier alpha value is -3.03. The summed E-state index contributed by atoms with van der Waals surface area (Å²) >= 11 is 8.86. The van der Waals surface area contributed by atoms with Crippen molar-refractivity contribution in [3.8, 4) is 11.5 Å². The number of benzene rings is 3. The van der Waals surface area contributed by atoms with E-state index in [1.165, 1.54) is 16.9 Å². The number of hydrogen-bond donors (Lipinski definition) is 1. The molecule has 7 rings (SSSR count). The maximum absolute atomic E-state index is 14.3. The minimum absolute atomic E-state index is 0.00883. The molecule has 3 aromatic rings. The molecular weight excluding hydrogens is 807 g/mol. The molecule has 2 aliphatic heterocycles. The third kappa shape index (κ3) is 4.48. The Kier molecular flexibility index (Phi) is 7.48. The molecule has 224 valence electrons. The second-order valence-corrected chi connectivity index (χ2v) is 14.5. The maximum atomic E-state index is 14.3. The van der Waals surface area contributed by atoms with Crippen molar-refractivity contribution in [2.45, 2.75) is 18.8 Å². The van der Waals surface area contributed by atoms with Crippen LogP contribution in [-0.4, -0.2) is 35.8 Å². The lowest BCUT2D eigenvalue weighted by atomic mass is 9.57. The van der Waals surface area contributed by atoms with Crippen molar-refractivity contribution in [1.29, 1.82) is 0 Å². The van der Waals surface area contributed by atoms with E-state index in [9.17, 15) is 24.3 Å². The minimum atomic E-state index is -0.718. The highest BCUT2D eigenvalue weighted by Gasteiger charge is 2.62. The van der Waals surface area contributed by atoms with Crippen molar-refractivity contribution < 1.29 is 29.0 Å². The monoisotopic (exact) mass is 830 g/mol. The van der Waals surface area contributed by atoms with Gasteiger partial charge in [-0.25, -0.2) is 0 Å². The van der Waals surface area contributed by atoms with Crippen molar-refractivity contribution in [3.63, 3.8) is 0 Å². The Morgan fingerprint density at radius 3 is 1.89 bits per heavy atom. The van der Waals surface area contributed by atoms with E-state index >= 15 is 0 Å². The van der Waals surface area contributed by atoms with Crippen LogP contribution in [0.2, 0.25) is 0 Å². The molecule has 1 N–H and O–H groups in total. The van der Waals surface area contributed by atoms with Crippen molar-refractivity contribution in [2.24, 2.45) is 29.6 Å². The first-order valence-electron chi connectivity index (χ1n) is 14.1. The van der Waals surface area contributed by atoms with Gasteiger partial charge in [-0.2, -0.15) is 0 Å². The highest BCUT2D eigenvalue weighted by atomic mass is 127. The highest BCUT2D eigenvalue weighted by molar-refractivity contribution is 14.1. The summed E-state index contributed by atoms with van der Waals surface area (Å²) in [5, 5.41) is 10.6. The lowest BCUT2D eigenvalue weighted by Crippen LogP contribution is -2.43. The molecule has 0 aromatic heterocycles. The molecule has 2 aliphatic carbocycles. The minimum Gasteiger partial charge on any atom is -0.504 e. The van der Waals surface area contributed by atoms with Crippen LogP contribution in [0.15, 0.2) is 81.3 Å². The van der Waals surface area contributed by atoms with E-state index in [1.54, 1.807) is 54.6 Å². The summed E-state index contributed by atoms with van der Waals surface area (Å²) in [4.78, 5) is 58.8. The van der Waals surface area contributed by atoms with Crippen LogP contribution in [0.25, 0.3) is 0 Å². The molecule has 1 saturated carbocycles. The van der Waals surface area contributed by atoms with Crippen LogP contribution in [0.1, 0.15) is 24.3 Å². The molecule has 2 heterocycles. The third-order valence-corrected chi connectivity index (χ3v) is 11.3. The van der Waals surface area contributed by atoms with E-state index in [0.29, 0.717) is 26.9 Å². The molecule has 2 saturated heterocycles. The Balaban J connectivity index is 1.35. The zero-order valence-electron chi connectivity index (χ0n) is 23.2. The molecule has 8 nitrogen and oxygen atoms in total. The number of phenols is 1. The summed E-state index contributed by atoms with van der Waals surface area (Å²) in [6.45, 7) is 0. The van der Waals surface area contributed by atoms with Gasteiger partial charge in [0.2, 0.25) is 23.6 Å². The van der Waals surface area contributed by atoms with Gasteiger partial charge < -0.3 is 9.84 Å². The number of halogens is 3. The maximum Gasteiger partial charge on any atom is 0.238 e. The van der Waals surface area contributed by atoms with E-state index < -0.39 is 35.5 Å². The predicted octanol–water partition coefficient (Wildman–Crippen LogP) is 6.58. The number of rotatable bonds is 4.